The molecule has 2 amide bonds. The minimum atomic E-state index is -0.504. The second-order valence-electron chi connectivity index (χ2n) is 4.96. The number of thioether (sulfide) groups is 1. The largest absolute Gasteiger partial charge is 0.450 e. The highest BCUT2D eigenvalue weighted by Gasteiger charge is 2.35. The number of carbonyl (C=O) groups excluding carboxylic acids is 2. The molecule has 128 valence electrons. The quantitative estimate of drug-likeness (QED) is 0.242. The van der Waals surface area contributed by atoms with Gasteiger partial charge in [0.25, 0.3) is 16.8 Å². The first kappa shape index (κ1) is 18.1. The Morgan fingerprint density at radius 3 is 2.56 bits per heavy atom. The van der Waals surface area contributed by atoms with Crippen LogP contribution in [0.5, 0.6) is 0 Å². The van der Waals surface area contributed by atoms with Gasteiger partial charge in [0.05, 0.1) is 20.8 Å². The zero-order valence-electron chi connectivity index (χ0n) is 12.3. The van der Waals surface area contributed by atoms with Crippen LogP contribution in [0.15, 0.2) is 44.1 Å². The molecule has 0 bridgehead atoms. The molecular weight excluding hydrogens is 527 g/mol. The molecule has 1 aromatic carbocycles. The monoisotopic (exact) mass is 534 g/mol. The number of imide groups is 1. The van der Waals surface area contributed by atoms with Crippen molar-refractivity contribution in [2.24, 2.45) is 0 Å². The molecule has 0 N–H and O–H groups in total. The Hall–Kier alpha value is -1.66. The SMILES string of the molecule is O=C1S/C(=C\c2cc(Br)c(I)o2)C(=O)N1Cc1ccc([N+](=O)[O-])cc1. The highest BCUT2D eigenvalue weighted by atomic mass is 127. The number of non-ortho nitro benzene ring substituents is 1. The van der Waals surface area contributed by atoms with E-state index in [4.69, 9.17) is 4.42 Å². The van der Waals surface area contributed by atoms with Gasteiger partial charge in [-0.1, -0.05) is 12.1 Å². The van der Waals surface area contributed by atoms with Gasteiger partial charge in [-0.15, -0.1) is 0 Å². The van der Waals surface area contributed by atoms with E-state index in [1.54, 1.807) is 6.07 Å². The van der Waals surface area contributed by atoms with E-state index < -0.39 is 16.1 Å². The van der Waals surface area contributed by atoms with Crippen LogP contribution in [0.1, 0.15) is 11.3 Å². The zero-order valence-corrected chi connectivity index (χ0v) is 16.8. The van der Waals surface area contributed by atoms with Crippen LogP contribution in [-0.4, -0.2) is 21.0 Å². The number of benzene rings is 1. The summed E-state index contributed by atoms with van der Waals surface area (Å²) in [5, 5.41) is 10.3. The van der Waals surface area contributed by atoms with Crippen molar-refractivity contribution in [3.63, 3.8) is 0 Å². The number of carbonyl (C=O) groups is 2. The van der Waals surface area contributed by atoms with Crippen LogP contribution in [0, 0.1) is 13.9 Å². The molecule has 1 aliphatic heterocycles. The summed E-state index contributed by atoms with van der Waals surface area (Å²) in [4.78, 5) is 36.1. The molecule has 0 saturated carbocycles. The summed E-state index contributed by atoms with van der Waals surface area (Å²) in [7, 11) is 0. The van der Waals surface area contributed by atoms with Crippen molar-refractivity contribution in [1.82, 2.24) is 4.90 Å². The number of hydrogen-bond donors (Lipinski definition) is 0. The minimum Gasteiger partial charge on any atom is -0.450 e. The zero-order chi connectivity index (χ0) is 18.1. The number of nitrogens with zero attached hydrogens (tertiary/aromatic N) is 2. The van der Waals surface area contributed by atoms with Crippen LogP contribution < -0.4 is 0 Å². The van der Waals surface area contributed by atoms with Gasteiger partial charge in [-0.25, -0.2) is 0 Å². The first-order valence-corrected chi connectivity index (χ1v) is 9.47. The molecule has 2 aromatic rings. The highest BCUT2D eigenvalue weighted by molar-refractivity contribution is 14.1. The van der Waals surface area contributed by atoms with Gasteiger partial charge in [-0.05, 0) is 39.3 Å². The Morgan fingerprint density at radius 2 is 2.00 bits per heavy atom. The molecule has 0 spiro atoms. The summed E-state index contributed by atoms with van der Waals surface area (Å²) in [6, 6.07) is 7.44. The van der Waals surface area contributed by atoms with Gasteiger partial charge in [-0.2, -0.15) is 0 Å². The predicted molar refractivity (Wildman–Crippen MR) is 104 cm³/mol. The third kappa shape index (κ3) is 3.96. The van der Waals surface area contributed by atoms with E-state index in [2.05, 4.69) is 15.9 Å². The lowest BCUT2D eigenvalue weighted by molar-refractivity contribution is -0.384. The van der Waals surface area contributed by atoms with Crippen LogP contribution >= 0.6 is 50.3 Å². The maximum absolute atomic E-state index is 12.4. The van der Waals surface area contributed by atoms with Crippen molar-refractivity contribution >= 4 is 73.2 Å². The van der Waals surface area contributed by atoms with Gasteiger partial charge in [0, 0.05) is 40.8 Å². The number of furan rings is 1. The average molecular weight is 535 g/mol. The fourth-order valence-corrected chi connectivity index (χ4v) is 3.64. The molecule has 1 aliphatic rings. The van der Waals surface area contributed by atoms with Gasteiger partial charge in [0.2, 0.25) is 0 Å². The molecule has 25 heavy (non-hydrogen) atoms. The van der Waals surface area contributed by atoms with Crippen LogP contribution in [0.2, 0.25) is 0 Å². The maximum atomic E-state index is 12.4. The summed E-state index contributed by atoms with van der Waals surface area (Å²) in [6.45, 7) is 0.0549. The van der Waals surface area contributed by atoms with E-state index in [9.17, 15) is 19.7 Å². The third-order valence-electron chi connectivity index (χ3n) is 3.30. The molecule has 2 heterocycles. The first-order chi connectivity index (χ1) is 11.8. The van der Waals surface area contributed by atoms with Crippen molar-refractivity contribution < 1.29 is 18.9 Å². The van der Waals surface area contributed by atoms with Crippen molar-refractivity contribution in [3.05, 3.63) is 64.9 Å². The third-order valence-corrected chi connectivity index (χ3v) is 6.34. The lowest BCUT2D eigenvalue weighted by atomic mass is 10.2. The Morgan fingerprint density at radius 1 is 1.32 bits per heavy atom. The van der Waals surface area contributed by atoms with Crippen LogP contribution in [0.3, 0.4) is 0 Å². The minimum absolute atomic E-state index is 0.0456. The Labute approximate surface area is 167 Å². The second-order valence-corrected chi connectivity index (χ2v) is 7.79. The van der Waals surface area contributed by atoms with Crippen LogP contribution in [0.4, 0.5) is 10.5 Å². The molecule has 0 atom stereocenters. The van der Waals surface area contributed by atoms with E-state index in [1.807, 2.05) is 22.6 Å². The Balaban J connectivity index is 1.78. The molecule has 3 rings (SSSR count). The van der Waals surface area contributed by atoms with Crippen molar-refractivity contribution in [2.45, 2.75) is 6.54 Å². The topological polar surface area (TPSA) is 93.7 Å². The van der Waals surface area contributed by atoms with Gasteiger partial charge >= 0.3 is 0 Å². The fraction of sp³-hybridized carbons (Fsp3) is 0.0667. The van der Waals surface area contributed by atoms with E-state index >= 15 is 0 Å². The second kappa shape index (κ2) is 7.30. The normalized spacial score (nSPS) is 16.1. The average Bonchev–Trinajstić information content (AvgIpc) is 3.01. The maximum Gasteiger partial charge on any atom is 0.293 e. The highest BCUT2D eigenvalue weighted by Crippen LogP contribution is 2.34. The summed E-state index contributed by atoms with van der Waals surface area (Å²) in [5.74, 6) is 0.0491. The molecule has 1 saturated heterocycles. The number of halogens is 2. The van der Waals surface area contributed by atoms with Crippen molar-refractivity contribution in [2.75, 3.05) is 0 Å². The molecule has 0 unspecified atom stereocenters. The molecule has 0 radical (unpaired) electrons. The molecule has 0 aliphatic carbocycles. The Kier molecular flexibility index (Phi) is 5.29. The molecule has 7 nitrogen and oxygen atoms in total. The summed E-state index contributed by atoms with van der Waals surface area (Å²) < 4.78 is 6.87. The molecule has 10 heteroatoms. The summed E-state index contributed by atoms with van der Waals surface area (Å²) in [5.41, 5.74) is 0.584. The number of amides is 2. The molecule has 1 aromatic heterocycles. The van der Waals surface area contributed by atoms with E-state index in [1.165, 1.54) is 30.3 Å². The summed E-state index contributed by atoms with van der Waals surface area (Å²) >= 11 is 6.16. The lowest BCUT2D eigenvalue weighted by Gasteiger charge is -2.12. The number of nitro groups is 1. The smallest absolute Gasteiger partial charge is 0.293 e. The van der Waals surface area contributed by atoms with Crippen molar-refractivity contribution in [1.29, 1.82) is 0 Å². The Bertz CT molecular complexity index is 890. The van der Waals surface area contributed by atoms with E-state index in [0.29, 0.717) is 15.1 Å². The van der Waals surface area contributed by atoms with E-state index in [-0.39, 0.29) is 17.1 Å². The molecular formula is C15H8BrIN2O5S. The summed E-state index contributed by atoms with van der Waals surface area (Å²) in [6.07, 6.45) is 1.52. The fourth-order valence-electron chi connectivity index (χ4n) is 2.11. The lowest BCUT2D eigenvalue weighted by Crippen LogP contribution is -2.27. The number of hydrogen-bond acceptors (Lipinski definition) is 6. The molecule has 1 fully saturated rings. The van der Waals surface area contributed by atoms with Crippen molar-refractivity contribution in [3.8, 4) is 0 Å². The van der Waals surface area contributed by atoms with Gasteiger partial charge in [0.15, 0.2) is 3.77 Å². The predicted octanol–water partition coefficient (Wildman–Crippen LogP) is 4.79. The van der Waals surface area contributed by atoms with Gasteiger partial charge in [-0.3, -0.25) is 24.6 Å². The number of nitro benzene ring substituents is 1. The van der Waals surface area contributed by atoms with Gasteiger partial charge in [0.1, 0.15) is 5.76 Å². The van der Waals surface area contributed by atoms with Crippen LogP contribution in [-0.2, 0) is 11.3 Å². The van der Waals surface area contributed by atoms with Crippen LogP contribution in [0.25, 0.3) is 6.08 Å². The van der Waals surface area contributed by atoms with Gasteiger partial charge < -0.3 is 4.42 Å². The standard InChI is InChI=1S/C15H8BrIN2O5S/c16-11-5-10(24-13(11)17)6-12-14(20)18(15(21)25-12)7-8-1-3-9(4-2-8)19(22)23/h1-6H,7H2/b12-6-. The first-order valence-electron chi connectivity index (χ1n) is 6.78. The number of rotatable bonds is 4. The van der Waals surface area contributed by atoms with E-state index in [0.717, 1.165) is 21.1 Å².